The summed E-state index contributed by atoms with van der Waals surface area (Å²) in [6, 6.07) is 18.4. The van der Waals surface area contributed by atoms with Gasteiger partial charge < -0.3 is 9.30 Å². The Labute approximate surface area is 149 Å². The number of benzene rings is 2. The molecule has 0 unspecified atom stereocenters. The Balaban J connectivity index is 1.93. The summed E-state index contributed by atoms with van der Waals surface area (Å²) in [6.45, 7) is 1.38. The molecule has 3 nitrogen and oxygen atoms in total. The normalized spacial score (nSPS) is 18.8. The lowest BCUT2D eigenvalue weighted by atomic mass is 10.0. The van der Waals surface area contributed by atoms with E-state index in [0.29, 0.717) is 5.56 Å². The third kappa shape index (κ3) is 2.85. The standard InChI is InChI=1S/C20H16FNO2S/c1-13(23)24-19-17-10-6-12-22(17)16-9-4-5-11-18(16)25-20(19)14-7-2-3-8-15(14)21/h2-12,19-20H,1H3/t19-,20-/m1/s1. The Hall–Kier alpha value is -2.53. The number of hydrogen-bond donors (Lipinski definition) is 0. The van der Waals surface area contributed by atoms with Crippen molar-refractivity contribution in [3.05, 3.63) is 83.9 Å². The van der Waals surface area contributed by atoms with Crippen molar-refractivity contribution in [3.63, 3.8) is 0 Å². The first-order chi connectivity index (χ1) is 12.1. The van der Waals surface area contributed by atoms with Gasteiger partial charge in [-0.3, -0.25) is 4.79 Å². The number of aromatic nitrogens is 1. The van der Waals surface area contributed by atoms with Crippen molar-refractivity contribution >= 4 is 17.7 Å². The molecule has 2 heterocycles. The largest absolute Gasteiger partial charge is 0.455 e. The molecule has 1 aliphatic heterocycles. The zero-order chi connectivity index (χ0) is 17.4. The summed E-state index contributed by atoms with van der Waals surface area (Å²) in [6.07, 6.45) is 1.36. The van der Waals surface area contributed by atoms with Crippen LogP contribution in [0.3, 0.4) is 0 Å². The van der Waals surface area contributed by atoms with Gasteiger partial charge >= 0.3 is 5.97 Å². The third-order valence-electron chi connectivity index (χ3n) is 4.23. The van der Waals surface area contributed by atoms with Crippen molar-refractivity contribution in [2.75, 3.05) is 0 Å². The lowest BCUT2D eigenvalue weighted by Gasteiger charge is -2.25. The second-order valence-corrected chi connectivity index (χ2v) is 7.04. The molecule has 0 saturated carbocycles. The molecule has 0 aliphatic carbocycles. The second kappa shape index (κ2) is 6.41. The number of esters is 1. The zero-order valence-electron chi connectivity index (χ0n) is 13.6. The fraction of sp³-hybridized carbons (Fsp3) is 0.150. The van der Waals surface area contributed by atoms with Crippen LogP contribution in [0.5, 0.6) is 0 Å². The summed E-state index contributed by atoms with van der Waals surface area (Å²) < 4.78 is 22.2. The van der Waals surface area contributed by atoms with Crippen LogP contribution in [-0.4, -0.2) is 10.5 Å². The minimum Gasteiger partial charge on any atom is -0.455 e. The highest BCUT2D eigenvalue weighted by Gasteiger charge is 2.35. The summed E-state index contributed by atoms with van der Waals surface area (Å²) in [5, 5.41) is -0.373. The Morgan fingerprint density at radius 1 is 1.08 bits per heavy atom. The van der Waals surface area contributed by atoms with Crippen molar-refractivity contribution < 1.29 is 13.9 Å². The SMILES string of the molecule is CC(=O)O[C@@H]1c2cccn2-c2ccccc2S[C@@H]1c1ccccc1F. The van der Waals surface area contributed by atoms with Crippen molar-refractivity contribution in [2.24, 2.45) is 0 Å². The number of nitrogens with zero attached hydrogens (tertiary/aromatic N) is 1. The first-order valence-corrected chi connectivity index (χ1v) is 8.88. The van der Waals surface area contributed by atoms with Gasteiger partial charge in [0.05, 0.1) is 16.6 Å². The number of carbonyl (C=O) groups excluding carboxylic acids is 1. The maximum Gasteiger partial charge on any atom is 0.303 e. The van der Waals surface area contributed by atoms with E-state index in [4.69, 9.17) is 4.74 Å². The molecule has 126 valence electrons. The molecule has 5 heteroatoms. The van der Waals surface area contributed by atoms with E-state index in [9.17, 15) is 9.18 Å². The maximum atomic E-state index is 14.5. The average Bonchev–Trinajstić information content (AvgIpc) is 3.04. The second-order valence-electron chi connectivity index (χ2n) is 5.86. The van der Waals surface area contributed by atoms with Gasteiger partial charge in [0.25, 0.3) is 0 Å². The summed E-state index contributed by atoms with van der Waals surface area (Å²) >= 11 is 1.52. The minimum atomic E-state index is -0.582. The van der Waals surface area contributed by atoms with E-state index in [0.717, 1.165) is 16.3 Å². The van der Waals surface area contributed by atoms with E-state index in [-0.39, 0.29) is 17.0 Å². The molecule has 4 rings (SSSR count). The number of para-hydroxylation sites is 1. The van der Waals surface area contributed by atoms with Crippen molar-refractivity contribution in [1.29, 1.82) is 0 Å². The number of rotatable bonds is 2. The summed E-state index contributed by atoms with van der Waals surface area (Å²) in [4.78, 5) is 12.8. The van der Waals surface area contributed by atoms with Gasteiger partial charge in [0, 0.05) is 23.6 Å². The Morgan fingerprint density at radius 3 is 2.64 bits per heavy atom. The molecule has 1 aromatic heterocycles. The summed E-state index contributed by atoms with van der Waals surface area (Å²) in [7, 11) is 0. The first-order valence-electron chi connectivity index (χ1n) is 8.00. The number of halogens is 1. The van der Waals surface area contributed by atoms with Crippen molar-refractivity contribution in [3.8, 4) is 5.69 Å². The highest BCUT2D eigenvalue weighted by atomic mass is 32.2. The molecule has 0 bridgehead atoms. The molecule has 2 aromatic carbocycles. The number of ether oxygens (including phenoxy) is 1. The Bertz CT molecular complexity index is 937. The number of fused-ring (bicyclic) bond motifs is 3. The van der Waals surface area contributed by atoms with Crippen LogP contribution in [0.15, 0.2) is 71.8 Å². The molecule has 1 aliphatic rings. The van der Waals surface area contributed by atoms with E-state index in [1.807, 2.05) is 47.2 Å². The predicted molar refractivity (Wildman–Crippen MR) is 95.3 cm³/mol. The average molecular weight is 353 g/mol. The Kier molecular flexibility index (Phi) is 4.09. The van der Waals surface area contributed by atoms with Crippen LogP contribution in [0, 0.1) is 5.82 Å². The highest BCUT2D eigenvalue weighted by molar-refractivity contribution is 7.99. The molecule has 25 heavy (non-hydrogen) atoms. The monoisotopic (exact) mass is 353 g/mol. The highest BCUT2D eigenvalue weighted by Crippen LogP contribution is 2.51. The van der Waals surface area contributed by atoms with Gasteiger partial charge in [-0.2, -0.15) is 0 Å². The topological polar surface area (TPSA) is 31.2 Å². The fourth-order valence-electron chi connectivity index (χ4n) is 3.19. The lowest BCUT2D eigenvalue weighted by Crippen LogP contribution is -2.17. The first kappa shape index (κ1) is 16.0. The molecule has 0 amide bonds. The van der Waals surface area contributed by atoms with Gasteiger partial charge in [0.1, 0.15) is 5.82 Å². The third-order valence-corrected chi connectivity index (χ3v) is 5.58. The summed E-state index contributed by atoms with van der Waals surface area (Å²) in [5.74, 6) is -0.680. The lowest BCUT2D eigenvalue weighted by molar-refractivity contribution is -0.147. The van der Waals surface area contributed by atoms with Crippen LogP contribution in [0.25, 0.3) is 5.69 Å². The molecule has 3 aromatic rings. The molecule has 0 spiro atoms. The van der Waals surface area contributed by atoms with Gasteiger partial charge in [-0.15, -0.1) is 11.8 Å². The minimum absolute atomic E-state index is 0.297. The fourth-order valence-corrected chi connectivity index (χ4v) is 4.54. The van der Waals surface area contributed by atoms with Crippen molar-refractivity contribution in [2.45, 2.75) is 23.2 Å². The molecule has 0 fully saturated rings. The quantitative estimate of drug-likeness (QED) is 0.603. The maximum absolute atomic E-state index is 14.5. The van der Waals surface area contributed by atoms with Crippen LogP contribution >= 0.6 is 11.8 Å². The van der Waals surface area contributed by atoms with Crippen LogP contribution in [0.4, 0.5) is 4.39 Å². The van der Waals surface area contributed by atoms with Crippen molar-refractivity contribution in [1.82, 2.24) is 4.57 Å². The molecular formula is C20H16FNO2S. The van der Waals surface area contributed by atoms with Gasteiger partial charge in [0.15, 0.2) is 6.10 Å². The van der Waals surface area contributed by atoms with Crippen LogP contribution in [0.1, 0.15) is 29.5 Å². The molecule has 2 atom stereocenters. The molecular weight excluding hydrogens is 337 g/mol. The van der Waals surface area contributed by atoms with Crippen LogP contribution in [0.2, 0.25) is 0 Å². The Morgan fingerprint density at radius 2 is 1.84 bits per heavy atom. The van der Waals surface area contributed by atoms with E-state index >= 15 is 0 Å². The predicted octanol–water partition coefficient (Wildman–Crippen LogP) is 5.07. The van der Waals surface area contributed by atoms with Gasteiger partial charge in [-0.05, 0) is 30.3 Å². The van der Waals surface area contributed by atoms with Gasteiger partial charge in [-0.25, -0.2) is 4.39 Å². The molecule has 0 radical (unpaired) electrons. The van der Waals surface area contributed by atoms with E-state index in [2.05, 4.69) is 0 Å². The number of thioether (sulfide) groups is 1. The number of hydrogen-bond acceptors (Lipinski definition) is 3. The molecule has 0 N–H and O–H groups in total. The van der Waals surface area contributed by atoms with Gasteiger partial charge in [0.2, 0.25) is 0 Å². The van der Waals surface area contributed by atoms with Gasteiger partial charge in [-0.1, -0.05) is 30.3 Å². The zero-order valence-corrected chi connectivity index (χ0v) is 14.4. The molecule has 0 saturated heterocycles. The van der Waals surface area contributed by atoms with Crippen LogP contribution < -0.4 is 0 Å². The van der Waals surface area contributed by atoms with E-state index in [1.165, 1.54) is 24.8 Å². The summed E-state index contributed by atoms with van der Waals surface area (Å²) in [5.41, 5.74) is 2.37. The van der Waals surface area contributed by atoms with E-state index < -0.39 is 6.10 Å². The van der Waals surface area contributed by atoms with Crippen LogP contribution in [-0.2, 0) is 9.53 Å². The van der Waals surface area contributed by atoms with E-state index in [1.54, 1.807) is 18.2 Å². The number of carbonyl (C=O) groups is 1. The smallest absolute Gasteiger partial charge is 0.303 e.